The van der Waals surface area contributed by atoms with E-state index in [4.69, 9.17) is 0 Å². The van der Waals surface area contributed by atoms with Crippen molar-refractivity contribution in [1.82, 2.24) is 14.1 Å². The molecular weight excluding hydrogens is 190 g/mol. The lowest BCUT2D eigenvalue weighted by Gasteiger charge is -2.11. The quantitative estimate of drug-likeness (QED) is 0.678. The number of rotatable bonds is 2. The molecule has 0 saturated heterocycles. The van der Waals surface area contributed by atoms with Gasteiger partial charge in [0.05, 0.1) is 6.20 Å². The van der Waals surface area contributed by atoms with E-state index in [1.54, 1.807) is 14.0 Å². The largest absolute Gasteiger partial charge is 0.259 e. The third kappa shape index (κ3) is 1.59. The maximum absolute atomic E-state index is 11.7. The van der Waals surface area contributed by atoms with Crippen molar-refractivity contribution in [2.75, 3.05) is 14.1 Å². The summed E-state index contributed by atoms with van der Waals surface area (Å²) in [6.45, 7) is 1.73. The molecule has 1 aromatic heterocycles. The van der Waals surface area contributed by atoms with Gasteiger partial charge in [0.25, 0.3) is 10.0 Å². The first-order valence-corrected chi connectivity index (χ1v) is 5.22. The minimum Gasteiger partial charge on any atom is -0.256 e. The zero-order valence-electron chi connectivity index (χ0n) is 8.14. The normalized spacial score (nSPS) is 12.4. The fourth-order valence-corrected chi connectivity index (χ4v) is 2.27. The van der Waals surface area contributed by atoms with Crippen LogP contribution in [-0.4, -0.2) is 36.6 Å². The maximum atomic E-state index is 11.7. The second-order valence-corrected chi connectivity index (χ2v) is 5.11. The van der Waals surface area contributed by atoms with Gasteiger partial charge in [-0.25, -0.2) is 12.7 Å². The SMILES string of the molecule is Cc1cnn(C)c1S(=O)(=O)N(C)C. The number of sulfonamides is 1. The Morgan fingerprint density at radius 3 is 2.31 bits per heavy atom. The van der Waals surface area contributed by atoms with Crippen LogP contribution in [0.4, 0.5) is 0 Å². The van der Waals surface area contributed by atoms with Crippen LogP contribution in [0.1, 0.15) is 5.56 Å². The molecule has 5 nitrogen and oxygen atoms in total. The summed E-state index contributed by atoms with van der Waals surface area (Å²) in [5, 5.41) is 4.12. The molecule has 0 unspecified atom stereocenters. The van der Waals surface area contributed by atoms with Gasteiger partial charge in [-0.1, -0.05) is 0 Å². The third-order valence-electron chi connectivity index (χ3n) is 1.78. The zero-order chi connectivity index (χ0) is 10.2. The van der Waals surface area contributed by atoms with E-state index in [1.807, 2.05) is 0 Å². The molecule has 13 heavy (non-hydrogen) atoms. The summed E-state index contributed by atoms with van der Waals surface area (Å²) in [5.41, 5.74) is 0.663. The summed E-state index contributed by atoms with van der Waals surface area (Å²) in [7, 11) is 1.26. The van der Waals surface area contributed by atoms with Gasteiger partial charge in [-0.05, 0) is 6.92 Å². The lowest BCUT2D eigenvalue weighted by Crippen LogP contribution is -2.25. The predicted octanol–water partition coefficient (Wildman–Crippen LogP) is -0.0212. The molecule has 0 amide bonds. The fraction of sp³-hybridized carbons (Fsp3) is 0.571. The molecule has 0 aromatic carbocycles. The summed E-state index contributed by atoms with van der Waals surface area (Å²) in [6.07, 6.45) is 1.54. The zero-order valence-corrected chi connectivity index (χ0v) is 8.96. The highest BCUT2D eigenvalue weighted by Gasteiger charge is 2.23. The molecule has 1 heterocycles. The fourth-order valence-electron chi connectivity index (χ4n) is 1.08. The molecule has 74 valence electrons. The number of aromatic nitrogens is 2. The molecule has 0 N–H and O–H groups in total. The van der Waals surface area contributed by atoms with Crippen LogP contribution in [-0.2, 0) is 17.1 Å². The lowest BCUT2D eigenvalue weighted by atomic mass is 10.4. The van der Waals surface area contributed by atoms with Crippen molar-refractivity contribution in [3.05, 3.63) is 11.8 Å². The third-order valence-corrected chi connectivity index (χ3v) is 3.82. The Labute approximate surface area is 78.0 Å². The van der Waals surface area contributed by atoms with E-state index < -0.39 is 10.0 Å². The van der Waals surface area contributed by atoms with E-state index >= 15 is 0 Å². The second kappa shape index (κ2) is 3.12. The minimum absolute atomic E-state index is 0.248. The summed E-state index contributed by atoms with van der Waals surface area (Å²) in [6, 6.07) is 0. The van der Waals surface area contributed by atoms with Crippen LogP contribution in [0.3, 0.4) is 0 Å². The van der Waals surface area contributed by atoms with E-state index in [1.165, 1.54) is 29.3 Å². The molecular formula is C7H13N3O2S. The highest BCUT2D eigenvalue weighted by Crippen LogP contribution is 2.15. The first-order chi connectivity index (χ1) is 5.87. The van der Waals surface area contributed by atoms with E-state index in [9.17, 15) is 8.42 Å². The molecule has 0 aliphatic carbocycles. The molecule has 1 rings (SSSR count). The van der Waals surface area contributed by atoms with Crippen molar-refractivity contribution < 1.29 is 8.42 Å². The van der Waals surface area contributed by atoms with Gasteiger partial charge < -0.3 is 0 Å². The van der Waals surface area contributed by atoms with Gasteiger partial charge in [0.1, 0.15) is 0 Å². The van der Waals surface area contributed by atoms with Crippen LogP contribution in [0, 0.1) is 6.92 Å². The lowest BCUT2D eigenvalue weighted by molar-refractivity contribution is 0.505. The number of hydrogen-bond donors (Lipinski definition) is 0. The van der Waals surface area contributed by atoms with Crippen LogP contribution in [0.25, 0.3) is 0 Å². The van der Waals surface area contributed by atoms with Crippen molar-refractivity contribution in [1.29, 1.82) is 0 Å². The Morgan fingerprint density at radius 2 is 2.00 bits per heavy atom. The second-order valence-electron chi connectivity index (χ2n) is 3.04. The van der Waals surface area contributed by atoms with Crippen molar-refractivity contribution in [3.63, 3.8) is 0 Å². The monoisotopic (exact) mass is 203 g/mol. The maximum Gasteiger partial charge on any atom is 0.259 e. The first-order valence-electron chi connectivity index (χ1n) is 3.78. The van der Waals surface area contributed by atoms with Gasteiger partial charge in [0, 0.05) is 26.7 Å². The van der Waals surface area contributed by atoms with Crippen LogP contribution in [0.2, 0.25) is 0 Å². The average Bonchev–Trinajstić information content (AvgIpc) is 2.30. The summed E-state index contributed by atoms with van der Waals surface area (Å²) in [5.74, 6) is 0. The summed E-state index contributed by atoms with van der Waals surface area (Å²) in [4.78, 5) is 0. The predicted molar refractivity (Wildman–Crippen MR) is 48.8 cm³/mol. The van der Waals surface area contributed by atoms with Gasteiger partial charge in [-0.15, -0.1) is 0 Å². The Bertz CT molecular complexity index is 386. The standard InChI is InChI=1S/C7H13N3O2S/c1-6-5-8-10(4)7(6)13(11,12)9(2)3/h5H,1-4H3. The molecule has 0 aliphatic heterocycles. The molecule has 0 saturated carbocycles. The molecule has 0 atom stereocenters. The van der Waals surface area contributed by atoms with Gasteiger partial charge in [-0.2, -0.15) is 5.10 Å². The van der Waals surface area contributed by atoms with E-state index in [0.29, 0.717) is 5.56 Å². The highest BCUT2D eigenvalue weighted by atomic mass is 32.2. The van der Waals surface area contributed by atoms with Crippen LogP contribution in [0.15, 0.2) is 11.2 Å². The molecule has 0 spiro atoms. The molecule has 0 fully saturated rings. The van der Waals surface area contributed by atoms with Gasteiger partial charge in [0.15, 0.2) is 5.03 Å². The molecule has 1 aromatic rings. The molecule has 0 aliphatic rings. The van der Waals surface area contributed by atoms with Crippen LogP contribution >= 0.6 is 0 Å². The Morgan fingerprint density at radius 1 is 1.46 bits per heavy atom. The Balaban J connectivity index is 3.38. The van der Waals surface area contributed by atoms with Crippen molar-refractivity contribution >= 4 is 10.0 Å². The van der Waals surface area contributed by atoms with E-state index in [2.05, 4.69) is 5.10 Å². The van der Waals surface area contributed by atoms with E-state index in [-0.39, 0.29) is 5.03 Å². The van der Waals surface area contributed by atoms with Crippen molar-refractivity contribution in [2.24, 2.45) is 7.05 Å². The molecule has 0 bridgehead atoms. The summed E-state index contributed by atoms with van der Waals surface area (Å²) >= 11 is 0. The molecule has 0 radical (unpaired) electrons. The number of aryl methyl sites for hydroxylation is 2. The van der Waals surface area contributed by atoms with Gasteiger partial charge in [-0.3, -0.25) is 4.68 Å². The van der Waals surface area contributed by atoms with Crippen molar-refractivity contribution in [3.8, 4) is 0 Å². The number of nitrogens with zero attached hydrogens (tertiary/aromatic N) is 3. The Hall–Kier alpha value is -0.880. The highest BCUT2D eigenvalue weighted by molar-refractivity contribution is 7.89. The minimum atomic E-state index is -3.36. The van der Waals surface area contributed by atoms with E-state index in [0.717, 1.165) is 0 Å². The van der Waals surface area contributed by atoms with Crippen LogP contribution < -0.4 is 0 Å². The summed E-state index contributed by atoms with van der Waals surface area (Å²) < 4.78 is 25.9. The van der Waals surface area contributed by atoms with Crippen molar-refractivity contribution in [2.45, 2.75) is 11.9 Å². The first kappa shape index (κ1) is 10.2. The van der Waals surface area contributed by atoms with Gasteiger partial charge in [0.2, 0.25) is 0 Å². The topological polar surface area (TPSA) is 55.2 Å². The molecule has 6 heteroatoms. The van der Waals surface area contributed by atoms with Gasteiger partial charge >= 0.3 is 0 Å². The van der Waals surface area contributed by atoms with Crippen LogP contribution in [0.5, 0.6) is 0 Å². The smallest absolute Gasteiger partial charge is 0.256 e. The average molecular weight is 203 g/mol. The number of hydrogen-bond acceptors (Lipinski definition) is 3. The Kier molecular flexibility index (Phi) is 2.44.